The highest BCUT2D eigenvalue weighted by Crippen LogP contribution is 2.38. The van der Waals surface area contributed by atoms with Gasteiger partial charge in [-0.15, -0.1) is 0 Å². The van der Waals surface area contributed by atoms with Gasteiger partial charge in [0, 0.05) is 24.3 Å². The smallest absolute Gasteiger partial charge is 0.323 e. The van der Waals surface area contributed by atoms with E-state index in [2.05, 4.69) is 0 Å². The number of halogens is 3. The Morgan fingerprint density at radius 3 is 2.76 bits per heavy atom. The first-order valence-electron chi connectivity index (χ1n) is 4.42. The minimum atomic E-state index is -2.45. The van der Waals surface area contributed by atoms with Crippen LogP contribution in [0.1, 0.15) is 5.56 Å². The summed E-state index contributed by atoms with van der Waals surface area (Å²) in [5.41, 5.74) is 0.910. The number of alkyl halides is 3. The van der Waals surface area contributed by atoms with Crippen molar-refractivity contribution in [2.75, 3.05) is 0 Å². The van der Waals surface area contributed by atoms with E-state index in [-0.39, 0.29) is 0 Å². The molecule has 0 spiro atoms. The molecule has 3 nitrogen and oxygen atoms in total. The summed E-state index contributed by atoms with van der Waals surface area (Å²) in [4.78, 5) is 0. The number of furan rings is 1. The van der Waals surface area contributed by atoms with Gasteiger partial charge in [-0.05, 0) is 12.1 Å². The molecule has 0 bridgehead atoms. The fraction of sp³-hybridized carbons (Fsp3) is 0.100. The molecule has 0 saturated heterocycles. The van der Waals surface area contributed by atoms with Crippen LogP contribution in [0.3, 0.4) is 0 Å². The van der Waals surface area contributed by atoms with Gasteiger partial charge in [-0.1, -0.05) is 23.2 Å². The quantitative estimate of drug-likeness (QED) is 0.797. The summed E-state index contributed by atoms with van der Waals surface area (Å²) in [5.74, 6) is 0.523. The number of nitriles is 1. The van der Waals surface area contributed by atoms with Gasteiger partial charge in [0.25, 0.3) is 0 Å². The molecule has 0 aliphatic heterocycles. The van der Waals surface area contributed by atoms with Crippen LogP contribution in [0.5, 0.6) is 0 Å². The summed E-state index contributed by atoms with van der Waals surface area (Å²) in [7, 11) is 0. The molecule has 88 valence electrons. The van der Waals surface area contributed by atoms with Crippen LogP contribution in [0, 0.1) is 11.3 Å². The minimum Gasteiger partial charge on any atom is -0.464 e. The first kappa shape index (κ1) is 12.4. The Labute approximate surface area is 111 Å². The zero-order chi connectivity index (χ0) is 12.5. The molecule has 0 atom stereocenters. The maximum Gasteiger partial charge on any atom is 0.323 e. The molecule has 7 heteroatoms. The van der Waals surface area contributed by atoms with Gasteiger partial charge < -0.3 is 4.42 Å². The number of rotatable bonds is 3. The fourth-order valence-corrected chi connectivity index (χ4v) is 2.35. The maximum absolute atomic E-state index is 13.0. The van der Waals surface area contributed by atoms with E-state index in [9.17, 15) is 4.39 Å². The second-order valence-electron chi connectivity index (χ2n) is 3.07. The fourth-order valence-electron chi connectivity index (χ4n) is 1.32. The monoisotopic (exact) mass is 290 g/mol. The molecule has 2 heterocycles. The van der Waals surface area contributed by atoms with Gasteiger partial charge >= 0.3 is 3.92 Å². The summed E-state index contributed by atoms with van der Waals surface area (Å²) >= 11 is 11.0. The molecular formula is C10H5Cl2FN2OS. The Hall–Kier alpha value is -1.09. The molecule has 2 aromatic rings. The third-order valence-electron chi connectivity index (χ3n) is 1.92. The molecule has 0 N–H and O–H groups in total. The summed E-state index contributed by atoms with van der Waals surface area (Å²) < 4.78 is 17.1. The van der Waals surface area contributed by atoms with Gasteiger partial charge in [0.15, 0.2) is 0 Å². The standard InChI is InChI=1S/C10H5Cl2FN2OS/c11-10(12,13)17-15-5-7(4-14)8(6-15)9-2-1-3-16-9/h1-3,5-6H. The van der Waals surface area contributed by atoms with Gasteiger partial charge in [-0.3, -0.25) is 3.97 Å². The van der Waals surface area contributed by atoms with Crippen LogP contribution in [0.15, 0.2) is 35.2 Å². The molecular weight excluding hydrogens is 286 g/mol. The van der Waals surface area contributed by atoms with Crippen molar-refractivity contribution in [1.82, 2.24) is 3.97 Å². The summed E-state index contributed by atoms with van der Waals surface area (Å²) in [6.07, 6.45) is 4.45. The number of hydrogen-bond acceptors (Lipinski definition) is 3. The lowest BCUT2D eigenvalue weighted by Gasteiger charge is -2.07. The highest BCUT2D eigenvalue weighted by Gasteiger charge is 2.25. The summed E-state index contributed by atoms with van der Waals surface area (Å²) in [6, 6.07) is 5.39. The van der Waals surface area contributed by atoms with Gasteiger partial charge in [0.05, 0.1) is 17.4 Å². The lowest BCUT2D eigenvalue weighted by atomic mass is 10.2. The molecule has 0 amide bonds. The van der Waals surface area contributed by atoms with Crippen molar-refractivity contribution in [2.45, 2.75) is 3.92 Å². The summed E-state index contributed by atoms with van der Waals surface area (Å²) in [6.45, 7) is 0. The Morgan fingerprint density at radius 2 is 2.24 bits per heavy atom. The predicted molar refractivity (Wildman–Crippen MR) is 65.4 cm³/mol. The number of nitrogens with zero attached hydrogens (tertiary/aromatic N) is 2. The summed E-state index contributed by atoms with van der Waals surface area (Å²) in [5, 5.41) is 8.95. The Balaban J connectivity index is 2.38. The maximum atomic E-state index is 13.0. The average molecular weight is 291 g/mol. The van der Waals surface area contributed by atoms with Crippen molar-refractivity contribution in [1.29, 1.82) is 5.26 Å². The van der Waals surface area contributed by atoms with Crippen molar-refractivity contribution in [2.24, 2.45) is 0 Å². The molecule has 2 rings (SSSR count). The molecule has 0 aromatic carbocycles. The largest absolute Gasteiger partial charge is 0.464 e. The first-order chi connectivity index (χ1) is 7.99. The average Bonchev–Trinajstić information content (AvgIpc) is 2.82. The van der Waals surface area contributed by atoms with Crippen LogP contribution in [-0.2, 0) is 0 Å². The topological polar surface area (TPSA) is 41.9 Å². The van der Waals surface area contributed by atoms with Crippen LogP contribution in [-0.4, -0.2) is 7.89 Å². The van der Waals surface area contributed by atoms with E-state index in [1.165, 1.54) is 22.6 Å². The van der Waals surface area contributed by atoms with E-state index < -0.39 is 3.92 Å². The minimum absolute atomic E-state index is 0.352. The third-order valence-corrected chi connectivity index (χ3v) is 2.96. The van der Waals surface area contributed by atoms with Crippen molar-refractivity contribution >= 4 is 35.1 Å². The molecule has 2 aromatic heterocycles. The highest BCUT2D eigenvalue weighted by molar-refractivity contribution is 8.01. The third kappa shape index (κ3) is 2.97. The van der Waals surface area contributed by atoms with E-state index in [0.717, 1.165) is 0 Å². The molecule has 0 unspecified atom stereocenters. The molecule has 0 saturated carbocycles. The van der Waals surface area contributed by atoms with Crippen LogP contribution in [0.25, 0.3) is 11.3 Å². The Morgan fingerprint density at radius 1 is 1.47 bits per heavy atom. The van der Waals surface area contributed by atoms with E-state index in [0.29, 0.717) is 28.8 Å². The van der Waals surface area contributed by atoms with Crippen LogP contribution in [0.4, 0.5) is 4.39 Å². The lowest BCUT2D eigenvalue weighted by Crippen LogP contribution is -1.99. The van der Waals surface area contributed by atoms with Crippen molar-refractivity contribution < 1.29 is 8.81 Å². The van der Waals surface area contributed by atoms with Gasteiger partial charge in [0.1, 0.15) is 11.8 Å². The number of aromatic nitrogens is 1. The normalized spacial score (nSPS) is 11.4. The van der Waals surface area contributed by atoms with Crippen molar-refractivity contribution in [3.05, 3.63) is 36.4 Å². The van der Waals surface area contributed by atoms with E-state index >= 15 is 0 Å². The van der Waals surface area contributed by atoms with Gasteiger partial charge in [0.2, 0.25) is 0 Å². The van der Waals surface area contributed by atoms with Crippen molar-refractivity contribution in [3.63, 3.8) is 0 Å². The number of hydrogen-bond donors (Lipinski definition) is 0. The van der Waals surface area contributed by atoms with Crippen molar-refractivity contribution in [3.8, 4) is 17.4 Å². The molecule has 17 heavy (non-hydrogen) atoms. The molecule has 0 aliphatic rings. The zero-order valence-corrected chi connectivity index (χ0v) is 10.6. The van der Waals surface area contributed by atoms with E-state index in [1.54, 1.807) is 12.1 Å². The van der Waals surface area contributed by atoms with Crippen LogP contribution < -0.4 is 0 Å². The molecule has 0 radical (unpaired) electrons. The van der Waals surface area contributed by atoms with Gasteiger partial charge in [-0.25, -0.2) is 0 Å². The van der Waals surface area contributed by atoms with Crippen LogP contribution in [0.2, 0.25) is 0 Å². The SMILES string of the molecule is N#Cc1cn(SC(F)(Cl)Cl)cc1-c1ccco1. The van der Waals surface area contributed by atoms with E-state index in [1.807, 2.05) is 6.07 Å². The zero-order valence-electron chi connectivity index (χ0n) is 8.23. The molecule has 0 aliphatic carbocycles. The highest BCUT2D eigenvalue weighted by atomic mass is 35.5. The van der Waals surface area contributed by atoms with Gasteiger partial charge in [-0.2, -0.15) is 9.65 Å². The van der Waals surface area contributed by atoms with E-state index in [4.69, 9.17) is 32.9 Å². The molecule has 0 fully saturated rings. The Bertz CT molecular complexity index is 554. The second-order valence-corrected chi connectivity index (χ2v) is 5.92. The lowest BCUT2D eigenvalue weighted by molar-refractivity contribution is 0.514. The predicted octanol–water partition coefficient (Wildman–Crippen LogP) is 4.17. The second kappa shape index (κ2) is 4.65. The Kier molecular flexibility index (Phi) is 3.38. The first-order valence-corrected chi connectivity index (χ1v) is 5.95. The van der Waals surface area contributed by atoms with Crippen LogP contribution >= 0.6 is 35.1 Å².